The first-order valence-corrected chi connectivity index (χ1v) is 4.40. The summed E-state index contributed by atoms with van der Waals surface area (Å²) >= 11 is 0. The van der Waals surface area contributed by atoms with Crippen LogP contribution in [0.5, 0.6) is 0 Å². The molecule has 0 aromatic carbocycles. The zero-order valence-electron chi connectivity index (χ0n) is 7.45. The van der Waals surface area contributed by atoms with Gasteiger partial charge in [0.1, 0.15) is 0 Å². The highest BCUT2D eigenvalue weighted by molar-refractivity contribution is 5.87. The quantitative estimate of drug-likeness (QED) is 0.711. The van der Waals surface area contributed by atoms with Gasteiger partial charge in [0.15, 0.2) is 0 Å². The third-order valence-electron chi connectivity index (χ3n) is 2.60. The van der Waals surface area contributed by atoms with E-state index in [2.05, 4.69) is 11.9 Å². The van der Waals surface area contributed by atoms with Crippen LogP contribution >= 0.6 is 0 Å². The summed E-state index contributed by atoms with van der Waals surface area (Å²) < 4.78 is 0. The molecule has 1 N–H and O–H groups in total. The Bertz CT molecular complexity index is 360. The lowest BCUT2D eigenvalue weighted by Gasteiger charge is -2.03. The number of hydrogen-bond donors (Lipinski definition) is 1. The van der Waals surface area contributed by atoms with E-state index in [4.69, 9.17) is 5.11 Å². The molecule has 0 amide bonds. The molecule has 0 saturated carbocycles. The number of nitrogens with zero attached hydrogens (tertiary/aromatic N) is 1. The van der Waals surface area contributed by atoms with Gasteiger partial charge in [0, 0.05) is 11.9 Å². The van der Waals surface area contributed by atoms with Gasteiger partial charge >= 0.3 is 5.97 Å². The minimum absolute atomic E-state index is 0.299. The van der Waals surface area contributed by atoms with Crippen LogP contribution < -0.4 is 0 Å². The van der Waals surface area contributed by atoms with Crippen molar-refractivity contribution in [3.05, 3.63) is 29.1 Å². The Balaban J connectivity index is 2.47. The molecule has 13 heavy (non-hydrogen) atoms. The molecule has 1 aromatic heterocycles. The minimum Gasteiger partial charge on any atom is -0.478 e. The van der Waals surface area contributed by atoms with Crippen LogP contribution in [0.25, 0.3) is 0 Å². The smallest absolute Gasteiger partial charge is 0.337 e. The topological polar surface area (TPSA) is 50.2 Å². The van der Waals surface area contributed by atoms with Gasteiger partial charge in [-0.2, -0.15) is 0 Å². The van der Waals surface area contributed by atoms with E-state index in [9.17, 15) is 4.79 Å². The van der Waals surface area contributed by atoms with Crippen LogP contribution in [0, 0.1) is 0 Å². The lowest BCUT2D eigenvalue weighted by molar-refractivity contribution is 0.0696. The third-order valence-corrected chi connectivity index (χ3v) is 2.60. The maximum Gasteiger partial charge on any atom is 0.337 e. The molecule has 1 atom stereocenters. The van der Waals surface area contributed by atoms with Crippen molar-refractivity contribution in [2.45, 2.75) is 25.7 Å². The van der Waals surface area contributed by atoms with Gasteiger partial charge in [0.05, 0.1) is 5.56 Å². The second kappa shape index (κ2) is 2.83. The van der Waals surface area contributed by atoms with Gasteiger partial charge in [0.2, 0.25) is 0 Å². The number of pyridine rings is 1. The molecule has 1 aliphatic carbocycles. The van der Waals surface area contributed by atoms with Gasteiger partial charge in [-0.1, -0.05) is 6.92 Å². The fourth-order valence-corrected chi connectivity index (χ4v) is 1.77. The van der Waals surface area contributed by atoms with Crippen LogP contribution in [0.4, 0.5) is 0 Å². The van der Waals surface area contributed by atoms with Crippen molar-refractivity contribution >= 4 is 5.97 Å². The highest BCUT2D eigenvalue weighted by Gasteiger charge is 2.20. The fraction of sp³-hybridized carbons (Fsp3) is 0.400. The van der Waals surface area contributed by atoms with Gasteiger partial charge in [-0.05, 0) is 30.4 Å². The van der Waals surface area contributed by atoms with Crippen LogP contribution in [0.15, 0.2) is 12.3 Å². The summed E-state index contributed by atoms with van der Waals surface area (Å²) in [4.78, 5) is 14.8. The highest BCUT2D eigenvalue weighted by Crippen LogP contribution is 2.31. The Morgan fingerprint density at radius 1 is 1.69 bits per heavy atom. The molecular formula is C10H11NO2. The molecule has 0 unspecified atom stereocenters. The summed E-state index contributed by atoms with van der Waals surface area (Å²) in [6, 6.07) is 1.75. The second-order valence-corrected chi connectivity index (χ2v) is 3.50. The Kier molecular flexibility index (Phi) is 1.79. The lowest BCUT2D eigenvalue weighted by atomic mass is 10.0. The first kappa shape index (κ1) is 8.23. The number of carbonyl (C=O) groups is 1. The van der Waals surface area contributed by atoms with Gasteiger partial charge in [-0.25, -0.2) is 4.79 Å². The monoisotopic (exact) mass is 177 g/mol. The molecule has 0 radical (unpaired) electrons. The zero-order valence-corrected chi connectivity index (χ0v) is 7.45. The zero-order chi connectivity index (χ0) is 9.42. The molecule has 0 saturated heterocycles. The summed E-state index contributed by atoms with van der Waals surface area (Å²) in [6.45, 7) is 2.11. The first-order chi connectivity index (χ1) is 6.18. The highest BCUT2D eigenvalue weighted by atomic mass is 16.4. The number of aryl methyl sites for hydroxylation is 1. The van der Waals surface area contributed by atoms with Crippen molar-refractivity contribution in [1.82, 2.24) is 4.98 Å². The molecule has 68 valence electrons. The van der Waals surface area contributed by atoms with Crippen LogP contribution in [-0.2, 0) is 6.42 Å². The maximum atomic E-state index is 10.7. The SMILES string of the molecule is C[C@@H]1CCc2ncc(C(=O)O)cc21. The van der Waals surface area contributed by atoms with Crippen LogP contribution in [0.3, 0.4) is 0 Å². The number of carboxylic acid groups (broad SMARTS) is 1. The molecular weight excluding hydrogens is 166 g/mol. The molecule has 2 rings (SSSR count). The molecule has 0 aliphatic heterocycles. The molecule has 3 nitrogen and oxygen atoms in total. The van der Waals surface area contributed by atoms with E-state index in [1.807, 2.05) is 0 Å². The van der Waals surface area contributed by atoms with E-state index in [0.29, 0.717) is 11.5 Å². The van der Waals surface area contributed by atoms with E-state index in [0.717, 1.165) is 24.1 Å². The van der Waals surface area contributed by atoms with Gasteiger partial charge in [-0.3, -0.25) is 4.98 Å². The van der Waals surface area contributed by atoms with Crippen molar-refractivity contribution in [2.75, 3.05) is 0 Å². The van der Waals surface area contributed by atoms with Crippen molar-refractivity contribution < 1.29 is 9.90 Å². The molecule has 0 spiro atoms. The number of fused-ring (bicyclic) bond motifs is 1. The largest absolute Gasteiger partial charge is 0.478 e. The Morgan fingerprint density at radius 2 is 2.46 bits per heavy atom. The minimum atomic E-state index is -0.894. The average molecular weight is 177 g/mol. The van der Waals surface area contributed by atoms with E-state index < -0.39 is 5.97 Å². The lowest BCUT2D eigenvalue weighted by Crippen LogP contribution is -2.00. The molecule has 0 fully saturated rings. The number of aromatic nitrogens is 1. The maximum absolute atomic E-state index is 10.7. The Labute approximate surface area is 76.4 Å². The normalized spacial score (nSPS) is 19.9. The summed E-state index contributed by atoms with van der Waals surface area (Å²) in [7, 11) is 0. The predicted octanol–water partition coefficient (Wildman–Crippen LogP) is 1.83. The standard InChI is InChI=1S/C10H11NO2/c1-6-2-3-9-8(6)4-7(5-11-9)10(12)13/h4-6H,2-3H2,1H3,(H,12,13)/t6-/m1/s1. The van der Waals surface area contributed by atoms with Crippen LogP contribution in [0.2, 0.25) is 0 Å². The second-order valence-electron chi connectivity index (χ2n) is 3.50. The molecule has 3 heteroatoms. The van der Waals surface area contributed by atoms with Crippen LogP contribution in [-0.4, -0.2) is 16.1 Å². The summed E-state index contributed by atoms with van der Waals surface area (Å²) in [5.41, 5.74) is 2.48. The molecule has 0 bridgehead atoms. The number of aromatic carboxylic acids is 1. The Morgan fingerprint density at radius 3 is 3.15 bits per heavy atom. The third kappa shape index (κ3) is 1.30. The van der Waals surface area contributed by atoms with Crippen molar-refractivity contribution in [2.24, 2.45) is 0 Å². The molecule has 1 aliphatic rings. The Hall–Kier alpha value is -1.38. The van der Waals surface area contributed by atoms with E-state index in [1.54, 1.807) is 6.07 Å². The fourth-order valence-electron chi connectivity index (χ4n) is 1.77. The summed E-state index contributed by atoms with van der Waals surface area (Å²) in [6.07, 6.45) is 3.51. The van der Waals surface area contributed by atoms with Crippen molar-refractivity contribution in [3.63, 3.8) is 0 Å². The molecule has 1 aromatic rings. The van der Waals surface area contributed by atoms with Gasteiger partial charge < -0.3 is 5.11 Å². The van der Waals surface area contributed by atoms with Gasteiger partial charge in [-0.15, -0.1) is 0 Å². The van der Waals surface area contributed by atoms with Gasteiger partial charge in [0.25, 0.3) is 0 Å². The number of hydrogen-bond acceptors (Lipinski definition) is 2. The van der Waals surface area contributed by atoms with E-state index in [-0.39, 0.29) is 0 Å². The van der Waals surface area contributed by atoms with Crippen molar-refractivity contribution in [3.8, 4) is 0 Å². The predicted molar refractivity (Wildman–Crippen MR) is 47.9 cm³/mol. The molecule has 1 heterocycles. The average Bonchev–Trinajstić information content (AvgIpc) is 2.47. The summed E-state index contributed by atoms with van der Waals surface area (Å²) in [5, 5.41) is 8.76. The first-order valence-electron chi connectivity index (χ1n) is 4.40. The summed E-state index contributed by atoms with van der Waals surface area (Å²) in [5.74, 6) is -0.434. The van der Waals surface area contributed by atoms with E-state index >= 15 is 0 Å². The number of carboxylic acids is 1. The van der Waals surface area contributed by atoms with Crippen LogP contribution in [0.1, 0.15) is 40.9 Å². The number of rotatable bonds is 1. The van der Waals surface area contributed by atoms with E-state index in [1.165, 1.54) is 6.20 Å². The van der Waals surface area contributed by atoms with Crippen molar-refractivity contribution in [1.29, 1.82) is 0 Å².